The highest BCUT2D eigenvalue weighted by Crippen LogP contribution is 2.43. The summed E-state index contributed by atoms with van der Waals surface area (Å²) in [6.45, 7) is 16.7. The summed E-state index contributed by atoms with van der Waals surface area (Å²) in [6.07, 6.45) is 5.52. The van der Waals surface area contributed by atoms with Gasteiger partial charge < -0.3 is 33.2 Å². The van der Waals surface area contributed by atoms with E-state index in [9.17, 15) is 24.1 Å². The average Bonchev–Trinajstić information content (AvgIpc) is 3.77. The first-order chi connectivity index (χ1) is 27.0. The summed E-state index contributed by atoms with van der Waals surface area (Å²) < 4.78 is 33.1. The van der Waals surface area contributed by atoms with Gasteiger partial charge in [0, 0.05) is 62.1 Å². The van der Waals surface area contributed by atoms with E-state index in [0.717, 1.165) is 11.3 Å². The Morgan fingerprint density at radius 1 is 1.00 bits per heavy atom. The molecule has 15 nitrogen and oxygen atoms in total. The lowest BCUT2D eigenvalue weighted by Gasteiger charge is -2.46. The number of esters is 1. The Morgan fingerprint density at radius 3 is 2.37 bits per heavy atom. The molecule has 5 rings (SSSR count). The van der Waals surface area contributed by atoms with Gasteiger partial charge in [-0.25, -0.2) is 9.78 Å². The van der Waals surface area contributed by atoms with Gasteiger partial charge in [-0.15, -0.1) is 0 Å². The lowest BCUT2D eigenvalue weighted by Crippen LogP contribution is -2.59. The van der Waals surface area contributed by atoms with Crippen molar-refractivity contribution in [3.05, 3.63) is 42.0 Å². The van der Waals surface area contributed by atoms with Gasteiger partial charge >= 0.3 is 12.1 Å². The molecule has 1 unspecified atom stereocenters. The van der Waals surface area contributed by atoms with Gasteiger partial charge in [-0.05, 0) is 77.8 Å². The number of hydrogen-bond donors (Lipinski definition) is 0. The van der Waals surface area contributed by atoms with E-state index in [0.29, 0.717) is 32.4 Å². The number of nitroso groups, excluding NO2 is 1. The van der Waals surface area contributed by atoms with Gasteiger partial charge in [-0.1, -0.05) is 39.8 Å². The number of aryl methyl sites for hydroxylation is 1. The number of carbonyl (C=O) groups excluding carboxylic acids is 4. The minimum atomic E-state index is -1.41. The number of imidazole rings is 1. The molecule has 314 valence electrons. The van der Waals surface area contributed by atoms with Crippen LogP contribution in [0.4, 0.5) is 4.79 Å². The van der Waals surface area contributed by atoms with Crippen LogP contribution in [-0.2, 0) is 44.6 Å². The predicted molar refractivity (Wildman–Crippen MR) is 210 cm³/mol. The highest BCUT2D eigenvalue weighted by molar-refractivity contribution is 6.00. The summed E-state index contributed by atoms with van der Waals surface area (Å²) in [5, 5.41) is 3.34. The van der Waals surface area contributed by atoms with Gasteiger partial charge in [0.15, 0.2) is 17.7 Å². The Balaban J connectivity index is 1.44. The summed E-state index contributed by atoms with van der Waals surface area (Å²) in [4.78, 5) is 79.0. The molecule has 0 aromatic carbocycles. The molecule has 0 bridgehead atoms. The molecule has 2 aromatic heterocycles. The zero-order valence-corrected chi connectivity index (χ0v) is 35.1. The Kier molecular flexibility index (Phi) is 14.1. The summed E-state index contributed by atoms with van der Waals surface area (Å²) >= 11 is 0. The molecule has 3 aliphatic heterocycles. The fourth-order valence-corrected chi connectivity index (χ4v) is 9.34. The molecule has 3 aliphatic rings. The van der Waals surface area contributed by atoms with Crippen molar-refractivity contribution >= 4 is 23.6 Å². The minimum absolute atomic E-state index is 0.117. The lowest BCUT2D eigenvalue weighted by molar-refractivity contribution is -0.268. The Hall–Kier alpha value is -4.08. The van der Waals surface area contributed by atoms with E-state index in [4.69, 9.17) is 23.7 Å². The van der Waals surface area contributed by atoms with Crippen molar-refractivity contribution in [2.45, 2.75) is 149 Å². The van der Waals surface area contributed by atoms with Crippen LogP contribution in [0.25, 0.3) is 11.3 Å². The largest absolute Gasteiger partial charge is 0.458 e. The fraction of sp³-hybridized carbons (Fsp3) is 0.714. The van der Waals surface area contributed by atoms with Crippen molar-refractivity contribution in [3.63, 3.8) is 0 Å². The van der Waals surface area contributed by atoms with E-state index in [1.54, 1.807) is 58.2 Å². The minimum Gasteiger partial charge on any atom is -0.458 e. The van der Waals surface area contributed by atoms with Crippen LogP contribution in [0.15, 0.2) is 42.2 Å². The Morgan fingerprint density at radius 2 is 1.72 bits per heavy atom. The molecule has 5 heterocycles. The number of rotatable bonds is 11. The zero-order valence-electron chi connectivity index (χ0n) is 35.1. The Bertz CT molecular complexity index is 1740. The number of Topliss-reactive ketones (excluding diaryl/α,β-unsaturated/α-hetero) is 2. The van der Waals surface area contributed by atoms with E-state index in [2.05, 4.69) is 15.1 Å². The second-order valence-corrected chi connectivity index (χ2v) is 16.9. The number of ketones is 2. The van der Waals surface area contributed by atoms with Crippen molar-refractivity contribution in [2.75, 3.05) is 13.7 Å². The molecule has 0 aliphatic carbocycles. The van der Waals surface area contributed by atoms with Crippen LogP contribution in [0.1, 0.15) is 94.4 Å². The number of amides is 1. The van der Waals surface area contributed by atoms with Gasteiger partial charge in [0.05, 0.1) is 35.9 Å². The number of nitrogens with zero attached hydrogens (tertiary/aromatic N) is 5. The third kappa shape index (κ3) is 9.15. The summed E-state index contributed by atoms with van der Waals surface area (Å²) in [5.41, 5.74) is -0.961. The maximum absolute atomic E-state index is 14.7. The van der Waals surface area contributed by atoms with Gasteiger partial charge in [0.25, 0.3) is 0 Å². The molecule has 0 spiro atoms. The highest BCUT2D eigenvalue weighted by atomic mass is 16.7. The third-order valence-corrected chi connectivity index (χ3v) is 12.6. The fourth-order valence-electron chi connectivity index (χ4n) is 9.34. The number of pyridine rings is 1. The van der Waals surface area contributed by atoms with E-state index >= 15 is 0 Å². The molecule has 2 aromatic rings. The standard InChI is InChI=1S/C42H61N5O10/c1-11-32-42(9)36(47(40(51)57-42)18-13-12-17-46-22-31(44-23-46)30-15-14-16-43-21-30)27(5)34(48)25(3)20-41(8,53-10)37(28(6)35(49)29(7)38(50)55-32)56-39-33(45-52)24(2)19-26(4)54-39/h14-16,21-29,32-33,36-37,39H,11-13,17-20H2,1-10H3/t24?,25-,26-,27+,28+,29-,32-,33-,36+,37-,39+,41-,42-/m1/s1. The third-order valence-electron chi connectivity index (χ3n) is 12.6. The van der Waals surface area contributed by atoms with Gasteiger partial charge in [0.1, 0.15) is 23.8 Å². The summed E-state index contributed by atoms with van der Waals surface area (Å²) in [5.74, 6) is -5.18. The van der Waals surface area contributed by atoms with Crippen molar-refractivity contribution in [1.29, 1.82) is 0 Å². The van der Waals surface area contributed by atoms with Crippen LogP contribution in [0.5, 0.6) is 0 Å². The first-order valence-corrected chi connectivity index (χ1v) is 20.4. The molecular formula is C42H61N5O10. The highest BCUT2D eigenvalue weighted by Gasteiger charge is 2.60. The van der Waals surface area contributed by atoms with Crippen LogP contribution < -0.4 is 0 Å². The SMILES string of the molecule is CC[C@H]1OC(=O)[C@H](C)C(=O)[C@H](C)[C@@H](O[C@@H]2O[C@H](C)CC(C)[C@H]2N=O)[C@](C)(OC)C[C@@H](C)C(=O)[C@H](C)[C@@H]2N(CCCCn3cnc(-c4cccnc4)c3)C(=O)O[C@@]21C. The Labute approximate surface area is 335 Å². The van der Waals surface area contributed by atoms with E-state index in [1.807, 2.05) is 43.7 Å². The van der Waals surface area contributed by atoms with Crippen molar-refractivity contribution in [1.82, 2.24) is 19.4 Å². The second-order valence-electron chi connectivity index (χ2n) is 16.9. The molecule has 0 saturated carbocycles. The zero-order chi connectivity index (χ0) is 41.8. The maximum atomic E-state index is 14.7. The number of fused-ring (bicyclic) bond motifs is 1. The van der Waals surface area contributed by atoms with Gasteiger partial charge in [0.2, 0.25) is 0 Å². The summed E-state index contributed by atoms with van der Waals surface area (Å²) in [7, 11) is 1.48. The number of carbonyl (C=O) groups is 4. The molecule has 0 N–H and O–H groups in total. The van der Waals surface area contributed by atoms with Crippen LogP contribution >= 0.6 is 0 Å². The average molecular weight is 796 g/mol. The second kappa shape index (κ2) is 18.2. The van der Waals surface area contributed by atoms with Crippen molar-refractivity contribution < 1.29 is 42.9 Å². The smallest absolute Gasteiger partial charge is 0.410 e. The normalized spacial score (nSPS) is 36.9. The van der Waals surface area contributed by atoms with Crippen LogP contribution in [0.2, 0.25) is 0 Å². The number of cyclic esters (lactones) is 1. The molecule has 3 fully saturated rings. The number of aromatic nitrogens is 3. The molecule has 15 heteroatoms. The van der Waals surface area contributed by atoms with Crippen molar-refractivity contribution in [2.24, 2.45) is 34.8 Å². The van der Waals surface area contributed by atoms with Crippen molar-refractivity contribution in [3.8, 4) is 11.3 Å². The molecule has 1 amide bonds. The van der Waals surface area contributed by atoms with E-state index in [1.165, 1.54) is 14.0 Å². The molecule has 13 atom stereocenters. The lowest BCUT2D eigenvalue weighted by atomic mass is 9.73. The topological polar surface area (TPSA) is 178 Å². The maximum Gasteiger partial charge on any atom is 0.410 e. The first kappa shape index (κ1) is 44.0. The quantitative estimate of drug-likeness (QED) is 0.106. The van der Waals surface area contributed by atoms with Crippen LogP contribution in [0.3, 0.4) is 0 Å². The summed E-state index contributed by atoms with van der Waals surface area (Å²) in [6, 6.07) is 2.16. The molecular weight excluding hydrogens is 734 g/mol. The monoisotopic (exact) mass is 795 g/mol. The molecule has 57 heavy (non-hydrogen) atoms. The van der Waals surface area contributed by atoms with Crippen LogP contribution in [0, 0.1) is 34.5 Å². The predicted octanol–water partition coefficient (Wildman–Crippen LogP) is 6.41. The number of unbranched alkanes of at least 4 members (excludes halogenated alkanes) is 1. The van der Waals surface area contributed by atoms with E-state index in [-0.39, 0.29) is 30.6 Å². The molecule has 3 saturated heterocycles. The first-order valence-electron chi connectivity index (χ1n) is 20.4. The van der Waals surface area contributed by atoms with E-state index < -0.39 is 83.3 Å². The number of ether oxygens (including phenoxy) is 5. The van der Waals surface area contributed by atoms with Gasteiger partial charge in [-0.3, -0.25) is 19.4 Å². The number of methoxy groups -OCH3 is 1. The van der Waals surface area contributed by atoms with Gasteiger partial charge in [-0.2, -0.15) is 4.91 Å². The van der Waals surface area contributed by atoms with Crippen LogP contribution in [-0.4, -0.2) is 105 Å². The number of hydrogen-bond acceptors (Lipinski definition) is 13. The molecule has 0 radical (unpaired) electrons.